The molecule has 0 amide bonds. The van der Waals surface area contributed by atoms with E-state index in [1.165, 1.54) is 77.2 Å². The van der Waals surface area contributed by atoms with Gasteiger partial charge >= 0.3 is 0 Å². The Morgan fingerprint density at radius 3 is 0.903 bits per heavy atom. The molecule has 342 valence electrons. The van der Waals surface area contributed by atoms with Crippen LogP contribution in [-0.4, -0.2) is 0 Å². The van der Waals surface area contributed by atoms with Crippen molar-refractivity contribution in [3.8, 4) is 0 Å². The second-order valence-electron chi connectivity index (χ2n) is 18.5. The summed E-state index contributed by atoms with van der Waals surface area (Å²) in [5.41, 5.74) is 19.3. The summed E-state index contributed by atoms with van der Waals surface area (Å²) in [6.07, 6.45) is 15.7. The topological polar surface area (TPSA) is 0 Å². The molecule has 0 aliphatic rings. The van der Waals surface area contributed by atoms with Gasteiger partial charge in [0.15, 0.2) is 0 Å². The van der Waals surface area contributed by atoms with Crippen molar-refractivity contribution >= 4 is 69.1 Å². The fourth-order valence-corrected chi connectivity index (χ4v) is 9.74. The summed E-state index contributed by atoms with van der Waals surface area (Å²) in [5.74, 6) is 0. The Morgan fingerprint density at radius 2 is 0.514 bits per heavy atom. The molecule has 0 heteroatoms. The predicted molar refractivity (Wildman–Crippen MR) is 310 cm³/mol. The Labute approximate surface area is 424 Å². The molecule has 0 N–H and O–H groups in total. The average molecular weight is 919 g/mol. The van der Waals surface area contributed by atoms with E-state index in [0.29, 0.717) is 0 Å². The molecule has 11 aromatic carbocycles. The molecular formula is C72H54. The molecule has 0 saturated heterocycles. The summed E-state index contributed by atoms with van der Waals surface area (Å²) < 4.78 is 0. The molecule has 0 aliphatic heterocycles. The zero-order chi connectivity index (χ0) is 48.3. The summed E-state index contributed by atoms with van der Waals surface area (Å²) in [7, 11) is 0. The van der Waals surface area contributed by atoms with E-state index in [0.717, 1.165) is 46.2 Å². The minimum atomic E-state index is 0.908. The van der Waals surface area contributed by atoms with E-state index in [1.54, 1.807) is 0 Å². The Bertz CT molecular complexity index is 3470. The van der Waals surface area contributed by atoms with Gasteiger partial charge in [-0.1, -0.05) is 267 Å². The van der Waals surface area contributed by atoms with E-state index >= 15 is 0 Å². The van der Waals surface area contributed by atoms with Crippen LogP contribution in [0.25, 0.3) is 69.1 Å². The van der Waals surface area contributed by atoms with Gasteiger partial charge in [0.2, 0.25) is 0 Å². The maximum absolute atomic E-state index is 2.35. The fraction of sp³-hybridized carbons (Fsp3) is 0.0278. The van der Waals surface area contributed by atoms with Crippen LogP contribution in [0.1, 0.15) is 77.9 Å². The highest BCUT2D eigenvalue weighted by molar-refractivity contribution is 6.02. The van der Waals surface area contributed by atoms with Crippen molar-refractivity contribution in [3.63, 3.8) is 0 Å². The molecule has 11 rings (SSSR count). The van der Waals surface area contributed by atoms with Gasteiger partial charge < -0.3 is 0 Å². The van der Waals surface area contributed by atoms with Crippen LogP contribution in [0.4, 0.5) is 0 Å². The van der Waals surface area contributed by atoms with Gasteiger partial charge in [0.1, 0.15) is 0 Å². The van der Waals surface area contributed by atoms with Gasteiger partial charge in [0.25, 0.3) is 0 Å². The first-order valence-electron chi connectivity index (χ1n) is 25.0. The van der Waals surface area contributed by atoms with Crippen LogP contribution in [-0.2, 0) is 12.8 Å². The van der Waals surface area contributed by atoms with E-state index in [-0.39, 0.29) is 0 Å². The summed E-state index contributed by atoms with van der Waals surface area (Å²) in [6, 6.07) is 96.5. The molecule has 0 aromatic heterocycles. The number of fused-ring (bicyclic) bond motifs is 2. The predicted octanol–water partition coefficient (Wildman–Crippen LogP) is 18.7. The molecule has 0 nitrogen and oxygen atoms in total. The molecule has 0 spiro atoms. The van der Waals surface area contributed by atoms with E-state index < -0.39 is 0 Å². The zero-order valence-electron chi connectivity index (χ0n) is 40.3. The molecule has 0 fully saturated rings. The van der Waals surface area contributed by atoms with Gasteiger partial charge in [0, 0.05) is 0 Å². The van der Waals surface area contributed by atoms with Crippen LogP contribution in [0.3, 0.4) is 0 Å². The molecule has 0 unspecified atom stereocenters. The van der Waals surface area contributed by atoms with Crippen LogP contribution >= 0.6 is 0 Å². The first-order valence-corrected chi connectivity index (χ1v) is 25.0. The third-order valence-electron chi connectivity index (χ3n) is 13.6. The van der Waals surface area contributed by atoms with Crippen LogP contribution in [0.15, 0.2) is 267 Å². The largest absolute Gasteiger partial charge is 0.0622 e. The molecule has 0 saturated carbocycles. The third kappa shape index (κ3) is 10.9. The summed E-state index contributed by atoms with van der Waals surface area (Å²) >= 11 is 0. The van der Waals surface area contributed by atoms with Crippen molar-refractivity contribution in [2.75, 3.05) is 0 Å². The van der Waals surface area contributed by atoms with Crippen molar-refractivity contribution in [1.29, 1.82) is 0 Å². The van der Waals surface area contributed by atoms with Crippen molar-refractivity contribution in [1.82, 2.24) is 0 Å². The van der Waals surface area contributed by atoms with Gasteiger partial charge in [-0.05, 0) is 160 Å². The molecule has 72 heavy (non-hydrogen) atoms. The van der Waals surface area contributed by atoms with Crippen molar-refractivity contribution in [2.24, 2.45) is 0 Å². The van der Waals surface area contributed by atoms with Gasteiger partial charge in [-0.2, -0.15) is 0 Å². The Morgan fingerprint density at radius 1 is 0.222 bits per heavy atom. The van der Waals surface area contributed by atoms with E-state index in [9.17, 15) is 0 Å². The number of benzene rings is 11. The second-order valence-corrected chi connectivity index (χ2v) is 18.5. The smallest absolute Gasteiger partial charge is 0.00258 e. The van der Waals surface area contributed by atoms with Crippen molar-refractivity contribution < 1.29 is 0 Å². The van der Waals surface area contributed by atoms with Crippen LogP contribution in [0.2, 0.25) is 0 Å². The monoisotopic (exact) mass is 918 g/mol. The highest BCUT2D eigenvalue weighted by Crippen LogP contribution is 2.33. The highest BCUT2D eigenvalue weighted by atomic mass is 14.2. The van der Waals surface area contributed by atoms with Gasteiger partial charge in [0.05, 0.1) is 0 Å². The van der Waals surface area contributed by atoms with Gasteiger partial charge in [-0.3, -0.25) is 0 Å². The maximum Gasteiger partial charge on any atom is -0.00258 e. The quantitative estimate of drug-likeness (QED) is 0.0753. The van der Waals surface area contributed by atoms with Gasteiger partial charge in [-0.15, -0.1) is 0 Å². The molecule has 0 atom stereocenters. The number of hydrogen-bond acceptors (Lipinski definition) is 0. The minimum Gasteiger partial charge on any atom is -0.0622 e. The van der Waals surface area contributed by atoms with Crippen molar-refractivity contribution in [3.05, 3.63) is 345 Å². The SMILES string of the molecule is C(=Cc1ccccc1/C=C(/c1ccccc1)c1ccc(Cc2ccccc2)cc1)c1cc2cc3ccccc3cc2cc1C=Cc1ccccc1/C=C(/c1ccccc1)c1ccc(Cc2ccccc2)cc1. The average Bonchev–Trinajstić information content (AvgIpc) is 3.44. The molecule has 0 aliphatic carbocycles. The highest BCUT2D eigenvalue weighted by Gasteiger charge is 2.11. The Balaban J connectivity index is 0.959. The van der Waals surface area contributed by atoms with E-state index in [1.807, 2.05) is 0 Å². The van der Waals surface area contributed by atoms with Crippen molar-refractivity contribution in [2.45, 2.75) is 12.8 Å². The molecule has 0 heterocycles. The first-order chi connectivity index (χ1) is 35.6. The van der Waals surface area contributed by atoms with Crippen LogP contribution < -0.4 is 0 Å². The molecule has 0 bridgehead atoms. The summed E-state index contributed by atoms with van der Waals surface area (Å²) in [6.45, 7) is 0. The summed E-state index contributed by atoms with van der Waals surface area (Å²) in [4.78, 5) is 0. The molecule has 11 aromatic rings. The number of rotatable bonds is 14. The minimum absolute atomic E-state index is 0.908. The zero-order valence-corrected chi connectivity index (χ0v) is 40.3. The lowest BCUT2D eigenvalue weighted by molar-refractivity contribution is 1.19. The normalized spacial score (nSPS) is 12.1. The molecule has 0 radical (unpaired) electrons. The number of hydrogen-bond donors (Lipinski definition) is 0. The van der Waals surface area contributed by atoms with Crippen LogP contribution in [0.5, 0.6) is 0 Å². The van der Waals surface area contributed by atoms with E-state index in [2.05, 4.69) is 303 Å². The standard InChI is InChI=1S/C72H54/c1-5-19-53(20-6-1)45-55-33-37-61(38-34-55)71(59-25-9-3-10-26-59)51-65-31-15-13-23-57(65)41-43-67-49-69-47-63-29-17-18-30-64(63)48-70(69)50-68(67)44-42-58-24-14-16-32-66(58)52-72(60-27-11-4-12-28-60)62-39-35-56(36-40-62)46-54-21-7-2-8-22-54/h1-44,47-52H,45-46H2/b43-41?,44-42?,71-51-,72-52-. The maximum atomic E-state index is 2.35. The van der Waals surface area contributed by atoms with Gasteiger partial charge in [-0.25, -0.2) is 0 Å². The summed E-state index contributed by atoms with van der Waals surface area (Å²) in [5, 5.41) is 4.90. The third-order valence-corrected chi connectivity index (χ3v) is 13.6. The molecular weight excluding hydrogens is 865 g/mol. The first kappa shape index (κ1) is 45.3. The Kier molecular flexibility index (Phi) is 13.7. The lowest BCUT2D eigenvalue weighted by atomic mass is 9.92. The Hall–Kier alpha value is -9.10. The lowest BCUT2D eigenvalue weighted by Gasteiger charge is -2.12. The fourth-order valence-electron chi connectivity index (χ4n) is 9.74. The lowest BCUT2D eigenvalue weighted by Crippen LogP contribution is -1.92. The van der Waals surface area contributed by atoms with Crippen LogP contribution in [0, 0.1) is 0 Å². The van der Waals surface area contributed by atoms with E-state index in [4.69, 9.17) is 0 Å². The second kappa shape index (κ2) is 21.7.